The highest BCUT2D eigenvalue weighted by Gasteiger charge is 2.58. The number of rotatable bonds is 8. The van der Waals surface area contributed by atoms with Crippen molar-refractivity contribution < 1.29 is 0 Å². The van der Waals surface area contributed by atoms with Gasteiger partial charge in [-0.15, -0.1) is 0 Å². The summed E-state index contributed by atoms with van der Waals surface area (Å²) in [7, 11) is 9.55. The Hall–Kier alpha value is -1.68. The Bertz CT molecular complexity index is 787. The average Bonchev–Trinajstić information content (AvgIpc) is 2.87. The van der Waals surface area contributed by atoms with Crippen LogP contribution in [0.25, 0.3) is 0 Å². The zero-order valence-electron chi connectivity index (χ0n) is 19.8. The van der Waals surface area contributed by atoms with Crippen molar-refractivity contribution in [1.82, 2.24) is 13.4 Å². The number of fused-ring (bicyclic) bond motifs is 1. The standard InChI is InChI=1S/C26H42N3/c1-8-19-27(4,5)23-17-15-22(16-18-23)26-28(6,20-9-2)24-13-11-12-14-25(24)29(26,7)21-10-3/h11-18,26H,8-10,19-21H2,1-7H3/q+3. The fourth-order valence-electron chi connectivity index (χ4n) is 5.96. The minimum Gasteiger partial charge on any atom is -0.296 e. The molecule has 0 saturated carbocycles. The maximum Gasteiger partial charge on any atom is 0.252 e. The van der Waals surface area contributed by atoms with Gasteiger partial charge in [-0.25, -0.2) is 8.97 Å². The number of nitrogens with zero attached hydrogens (tertiary/aromatic N) is 3. The first kappa shape index (κ1) is 22.0. The zero-order chi connectivity index (χ0) is 21.3. The zero-order valence-corrected chi connectivity index (χ0v) is 19.8. The lowest BCUT2D eigenvalue weighted by molar-refractivity contribution is 0.122. The van der Waals surface area contributed by atoms with Gasteiger partial charge in [0.25, 0.3) is 6.17 Å². The fourth-order valence-corrected chi connectivity index (χ4v) is 5.96. The van der Waals surface area contributed by atoms with Crippen LogP contribution in [0.3, 0.4) is 0 Å². The maximum atomic E-state index is 2.46. The topological polar surface area (TPSA) is 0 Å². The lowest BCUT2D eigenvalue weighted by Crippen LogP contribution is -2.58. The molecule has 0 fully saturated rings. The molecule has 0 saturated heterocycles. The van der Waals surface area contributed by atoms with Gasteiger partial charge in [-0.05, 0) is 43.5 Å². The van der Waals surface area contributed by atoms with Crippen molar-refractivity contribution in [1.29, 1.82) is 0 Å². The lowest BCUT2D eigenvalue weighted by atomic mass is 10.1. The molecule has 158 valence electrons. The van der Waals surface area contributed by atoms with Gasteiger partial charge in [-0.1, -0.05) is 32.9 Å². The van der Waals surface area contributed by atoms with E-state index >= 15 is 0 Å². The molecule has 1 heterocycles. The molecular formula is C26H42N3+3. The van der Waals surface area contributed by atoms with Crippen molar-refractivity contribution in [2.45, 2.75) is 46.2 Å². The van der Waals surface area contributed by atoms with Gasteiger partial charge in [-0.3, -0.25) is 4.48 Å². The highest BCUT2D eigenvalue weighted by Crippen LogP contribution is 2.54. The smallest absolute Gasteiger partial charge is 0.252 e. The van der Waals surface area contributed by atoms with Gasteiger partial charge in [-0.2, -0.15) is 0 Å². The Kier molecular flexibility index (Phi) is 6.24. The van der Waals surface area contributed by atoms with Crippen molar-refractivity contribution in [2.24, 2.45) is 0 Å². The van der Waals surface area contributed by atoms with Gasteiger partial charge >= 0.3 is 0 Å². The van der Waals surface area contributed by atoms with Crippen LogP contribution in [0.1, 0.15) is 51.8 Å². The number of quaternary nitrogens is 3. The van der Waals surface area contributed by atoms with E-state index in [1.54, 1.807) is 0 Å². The van der Waals surface area contributed by atoms with Crippen LogP contribution in [0.2, 0.25) is 0 Å². The summed E-state index contributed by atoms with van der Waals surface area (Å²) in [6.07, 6.45) is 3.98. The summed E-state index contributed by atoms with van der Waals surface area (Å²) in [5.41, 5.74) is 5.87. The molecule has 0 spiro atoms. The molecule has 2 atom stereocenters. The summed E-state index contributed by atoms with van der Waals surface area (Å²) in [5.74, 6) is 0. The number of hydrogen-bond donors (Lipinski definition) is 0. The molecule has 1 aliphatic rings. The van der Waals surface area contributed by atoms with E-state index in [0.717, 1.165) is 13.4 Å². The summed E-state index contributed by atoms with van der Waals surface area (Å²) in [6, 6.07) is 18.8. The summed E-state index contributed by atoms with van der Waals surface area (Å²) in [6.45, 7) is 10.4. The molecule has 1 aliphatic heterocycles. The van der Waals surface area contributed by atoms with Crippen LogP contribution in [-0.4, -0.2) is 47.8 Å². The number of para-hydroxylation sites is 2. The molecule has 2 aromatic carbocycles. The quantitative estimate of drug-likeness (QED) is 0.475. The first-order valence-electron chi connectivity index (χ1n) is 11.5. The highest BCUT2D eigenvalue weighted by molar-refractivity contribution is 5.72. The van der Waals surface area contributed by atoms with Crippen LogP contribution in [0.4, 0.5) is 17.1 Å². The third-order valence-electron chi connectivity index (χ3n) is 7.11. The van der Waals surface area contributed by atoms with Crippen LogP contribution in [-0.2, 0) is 0 Å². The minimum atomic E-state index is 0.406. The van der Waals surface area contributed by atoms with Gasteiger partial charge in [0.15, 0.2) is 11.4 Å². The van der Waals surface area contributed by atoms with Crippen LogP contribution in [0.5, 0.6) is 0 Å². The molecule has 0 bridgehead atoms. The van der Waals surface area contributed by atoms with Crippen molar-refractivity contribution in [3.8, 4) is 0 Å². The van der Waals surface area contributed by atoms with E-state index in [9.17, 15) is 0 Å². The summed E-state index contributed by atoms with van der Waals surface area (Å²) < 4.78 is 2.94. The third-order valence-corrected chi connectivity index (χ3v) is 7.11. The van der Waals surface area contributed by atoms with E-state index in [2.05, 4.69) is 97.5 Å². The Morgan fingerprint density at radius 1 is 0.724 bits per heavy atom. The van der Waals surface area contributed by atoms with Crippen LogP contribution in [0, 0.1) is 0 Å². The SMILES string of the molecule is CCC[N+](C)(C)c1ccc(C2[N+](C)(CCC)c3ccccc3[N+]2(C)CCC)cc1. The van der Waals surface area contributed by atoms with Crippen molar-refractivity contribution in [2.75, 3.05) is 47.8 Å². The van der Waals surface area contributed by atoms with Gasteiger partial charge in [0, 0.05) is 12.1 Å². The molecule has 2 unspecified atom stereocenters. The molecule has 0 aromatic heterocycles. The monoisotopic (exact) mass is 396 g/mol. The third kappa shape index (κ3) is 3.65. The van der Waals surface area contributed by atoms with E-state index in [1.165, 1.54) is 61.5 Å². The summed E-state index contributed by atoms with van der Waals surface area (Å²) in [4.78, 5) is 0. The first-order chi connectivity index (χ1) is 13.7. The second-order valence-electron chi connectivity index (χ2n) is 9.85. The van der Waals surface area contributed by atoms with Crippen molar-refractivity contribution in [3.63, 3.8) is 0 Å². The molecule has 2 aromatic rings. The molecule has 29 heavy (non-hydrogen) atoms. The molecular weight excluding hydrogens is 354 g/mol. The Morgan fingerprint density at radius 2 is 1.21 bits per heavy atom. The Labute approximate surface area is 179 Å². The number of benzene rings is 2. The normalized spacial score (nSPS) is 26.5. The lowest BCUT2D eigenvalue weighted by Gasteiger charge is -2.41. The van der Waals surface area contributed by atoms with Gasteiger partial charge in [0.2, 0.25) is 0 Å². The van der Waals surface area contributed by atoms with Crippen molar-refractivity contribution >= 4 is 17.1 Å². The van der Waals surface area contributed by atoms with E-state index in [4.69, 9.17) is 0 Å². The van der Waals surface area contributed by atoms with Gasteiger partial charge in [0.1, 0.15) is 5.69 Å². The highest BCUT2D eigenvalue weighted by atomic mass is 15.6. The predicted octanol–water partition coefficient (Wildman–Crippen LogP) is 6.07. The average molecular weight is 397 g/mol. The molecule has 3 nitrogen and oxygen atoms in total. The minimum absolute atomic E-state index is 0.406. The Balaban J connectivity index is 2.12. The first-order valence-corrected chi connectivity index (χ1v) is 11.5. The molecule has 0 N–H and O–H groups in total. The second kappa shape index (κ2) is 8.22. The Morgan fingerprint density at radius 3 is 1.62 bits per heavy atom. The summed E-state index contributed by atoms with van der Waals surface area (Å²) in [5, 5.41) is 0. The largest absolute Gasteiger partial charge is 0.296 e. The molecule has 0 amide bonds. The predicted molar refractivity (Wildman–Crippen MR) is 130 cm³/mol. The van der Waals surface area contributed by atoms with Crippen LogP contribution < -0.4 is 13.4 Å². The van der Waals surface area contributed by atoms with E-state index in [0.29, 0.717) is 6.17 Å². The molecule has 3 heteroatoms. The van der Waals surface area contributed by atoms with E-state index in [1.807, 2.05) is 0 Å². The fraction of sp³-hybridized carbons (Fsp3) is 0.538. The van der Waals surface area contributed by atoms with Crippen LogP contribution in [0.15, 0.2) is 48.5 Å². The van der Waals surface area contributed by atoms with Crippen molar-refractivity contribution in [3.05, 3.63) is 54.1 Å². The number of hydrogen-bond acceptors (Lipinski definition) is 0. The molecule has 3 rings (SSSR count). The van der Waals surface area contributed by atoms with Gasteiger partial charge < -0.3 is 0 Å². The molecule has 0 aliphatic carbocycles. The van der Waals surface area contributed by atoms with E-state index < -0.39 is 0 Å². The van der Waals surface area contributed by atoms with Gasteiger partial charge in [0.05, 0.1) is 53.4 Å². The summed E-state index contributed by atoms with van der Waals surface area (Å²) >= 11 is 0. The molecule has 0 radical (unpaired) electrons. The maximum absolute atomic E-state index is 2.46. The van der Waals surface area contributed by atoms with Crippen LogP contribution >= 0.6 is 0 Å². The van der Waals surface area contributed by atoms with E-state index in [-0.39, 0.29) is 0 Å². The second-order valence-corrected chi connectivity index (χ2v) is 9.85.